The number of halogens is 5. The molecule has 1 amide bonds. The van der Waals surface area contributed by atoms with Crippen LogP contribution in [0.15, 0.2) is 34.8 Å². The first-order chi connectivity index (χ1) is 9.38. The zero-order chi connectivity index (χ0) is 14.9. The lowest BCUT2D eigenvalue weighted by atomic mass is 10.2. The molecule has 104 valence electrons. The number of carbonyl (C=O) groups excluding carboxylic acids is 1. The Kier molecular flexibility index (Phi) is 4.35. The highest BCUT2D eigenvalue weighted by Crippen LogP contribution is 2.24. The number of nitrogens with one attached hydrogen (secondary N) is 1. The lowest BCUT2D eigenvalue weighted by Gasteiger charge is -2.07. The van der Waals surface area contributed by atoms with Crippen molar-refractivity contribution in [3.63, 3.8) is 0 Å². The molecule has 0 atom stereocenters. The zero-order valence-electron chi connectivity index (χ0n) is 9.68. The molecule has 2 nitrogen and oxygen atoms in total. The van der Waals surface area contributed by atoms with Crippen LogP contribution in [0.25, 0.3) is 0 Å². The average Bonchev–Trinajstić information content (AvgIpc) is 2.39. The van der Waals surface area contributed by atoms with Crippen LogP contribution < -0.4 is 5.32 Å². The molecule has 0 fully saturated rings. The number of benzene rings is 2. The summed E-state index contributed by atoms with van der Waals surface area (Å²) in [4.78, 5) is 11.9. The van der Waals surface area contributed by atoms with Crippen molar-refractivity contribution < 1.29 is 18.0 Å². The molecule has 0 spiro atoms. The quantitative estimate of drug-likeness (QED) is 0.764. The molecule has 1 N–H and O–H groups in total. The SMILES string of the molecule is O=C(Nc1cc(F)c(F)c(F)c1)c1ccc(Br)c(Cl)c1. The molecule has 0 saturated carbocycles. The predicted octanol–water partition coefficient (Wildman–Crippen LogP) is 4.77. The molecule has 0 aliphatic carbocycles. The molecule has 2 aromatic rings. The minimum Gasteiger partial charge on any atom is -0.322 e. The Bertz CT molecular complexity index is 670. The van der Waals surface area contributed by atoms with Crippen LogP contribution in [-0.4, -0.2) is 5.91 Å². The Morgan fingerprint density at radius 1 is 1.10 bits per heavy atom. The summed E-state index contributed by atoms with van der Waals surface area (Å²) in [5, 5.41) is 2.57. The van der Waals surface area contributed by atoms with Crippen LogP contribution in [0.4, 0.5) is 18.9 Å². The molecule has 0 aliphatic rings. The Morgan fingerprint density at radius 2 is 1.70 bits per heavy atom. The van der Waals surface area contributed by atoms with Crippen molar-refractivity contribution >= 4 is 39.1 Å². The molecule has 2 aromatic carbocycles. The average molecular weight is 365 g/mol. The van der Waals surface area contributed by atoms with E-state index in [1.165, 1.54) is 12.1 Å². The van der Waals surface area contributed by atoms with E-state index in [9.17, 15) is 18.0 Å². The molecule has 2 rings (SSSR count). The molecule has 20 heavy (non-hydrogen) atoms. The van der Waals surface area contributed by atoms with Gasteiger partial charge in [0.05, 0.1) is 5.02 Å². The highest BCUT2D eigenvalue weighted by molar-refractivity contribution is 9.10. The third-order valence-corrected chi connectivity index (χ3v) is 3.66. The summed E-state index contributed by atoms with van der Waals surface area (Å²) < 4.78 is 39.4. The van der Waals surface area contributed by atoms with E-state index in [1.807, 2.05) is 0 Å². The van der Waals surface area contributed by atoms with Gasteiger partial charge in [0.25, 0.3) is 5.91 Å². The van der Waals surface area contributed by atoms with Gasteiger partial charge in [-0.1, -0.05) is 11.6 Å². The molecule has 0 aliphatic heterocycles. The summed E-state index contributed by atoms with van der Waals surface area (Å²) >= 11 is 9.00. The van der Waals surface area contributed by atoms with Crippen molar-refractivity contribution in [3.05, 3.63) is 62.8 Å². The van der Waals surface area contributed by atoms with E-state index < -0.39 is 23.4 Å². The second-order valence-corrected chi connectivity index (χ2v) is 5.10. The first kappa shape index (κ1) is 14.9. The van der Waals surface area contributed by atoms with Gasteiger partial charge in [-0.05, 0) is 34.1 Å². The fourth-order valence-electron chi connectivity index (χ4n) is 1.47. The molecule has 0 heterocycles. The van der Waals surface area contributed by atoms with Gasteiger partial charge in [-0.15, -0.1) is 0 Å². The van der Waals surface area contributed by atoms with Gasteiger partial charge in [0, 0.05) is 27.9 Å². The van der Waals surface area contributed by atoms with Crippen LogP contribution >= 0.6 is 27.5 Å². The number of amides is 1. The highest BCUT2D eigenvalue weighted by atomic mass is 79.9. The van der Waals surface area contributed by atoms with Gasteiger partial charge in [-0.25, -0.2) is 13.2 Å². The summed E-state index contributed by atoms with van der Waals surface area (Å²) in [7, 11) is 0. The maximum atomic E-state index is 13.0. The first-order valence-electron chi connectivity index (χ1n) is 5.29. The molecule has 0 bridgehead atoms. The zero-order valence-corrected chi connectivity index (χ0v) is 12.0. The predicted molar refractivity (Wildman–Crippen MR) is 73.4 cm³/mol. The molecule has 0 unspecified atom stereocenters. The van der Waals surface area contributed by atoms with Crippen LogP contribution in [-0.2, 0) is 0 Å². The van der Waals surface area contributed by atoms with Crippen molar-refractivity contribution in [2.24, 2.45) is 0 Å². The third-order valence-electron chi connectivity index (χ3n) is 2.42. The van der Waals surface area contributed by atoms with Gasteiger partial charge in [0.15, 0.2) is 17.5 Å². The fraction of sp³-hybridized carbons (Fsp3) is 0. The van der Waals surface area contributed by atoms with Gasteiger partial charge in [0.1, 0.15) is 0 Å². The minimum atomic E-state index is -1.59. The maximum absolute atomic E-state index is 13.0. The van der Waals surface area contributed by atoms with Crippen LogP contribution in [0.3, 0.4) is 0 Å². The van der Waals surface area contributed by atoms with E-state index in [-0.39, 0.29) is 11.3 Å². The van der Waals surface area contributed by atoms with Gasteiger partial charge < -0.3 is 5.32 Å². The van der Waals surface area contributed by atoms with Crippen molar-refractivity contribution in [1.82, 2.24) is 0 Å². The maximum Gasteiger partial charge on any atom is 0.255 e. The van der Waals surface area contributed by atoms with E-state index in [0.717, 1.165) is 0 Å². The number of carbonyl (C=O) groups is 1. The molecule has 0 radical (unpaired) electrons. The van der Waals surface area contributed by atoms with Crippen LogP contribution in [0.2, 0.25) is 5.02 Å². The van der Waals surface area contributed by atoms with Gasteiger partial charge in [-0.3, -0.25) is 4.79 Å². The summed E-state index contributed by atoms with van der Waals surface area (Å²) in [6.07, 6.45) is 0. The second-order valence-electron chi connectivity index (χ2n) is 3.84. The summed E-state index contributed by atoms with van der Waals surface area (Å²) in [5.74, 6) is -4.97. The lowest BCUT2D eigenvalue weighted by Crippen LogP contribution is -2.12. The van der Waals surface area contributed by atoms with Crippen molar-refractivity contribution in [3.8, 4) is 0 Å². The molecular weight excluding hydrogens is 359 g/mol. The molecular formula is C13H6BrClF3NO. The molecule has 0 aromatic heterocycles. The van der Waals surface area contributed by atoms with E-state index in [1.54, 1.807) is 6.07 Å². The van der Waals surface area contributed by atoms with Crippen molar-refractivity contribution in [1.29, 1.82) is 0 Å². The van der Waals surface area contributed by atoms with Gasteiger partial charge in [-0.2, -0.15) is 0 Å². The summed E-state index contributed by atoms with van der Waals surface area (Å²) in [6, 6.07) is 5.80. The van der Waals surface area contributed by atoms with Crippen LogP contribution in [0, 0.1) is 17.5 Å². The largest absolute Gasteiger partial charge is 0.322 e. The monoisotopic (exact) mass is 363 g/mol. The number of anilines is 1. The van der Waals surface area contributed by atoms with Crippen molar-refractivity contribution in [2.45, 2.75) is 0 Å². The van der Waals surface area contributed by atoms with E-state index in [4.69, 9.17) is 11.6 Å². The topological polar surface area (TPSA) is 29.1 Å². The summed E-state index contributed by atoms with van der Waals surface area (Å²) in [5.41, 5.74) is 0.00813. The Hall–Kier alpha value is -1.53. The Labute approximate surface area is 125 Å². The fourth-order valence-corrected chi connectivity index (χ4v) is 1.90. The Morgan fingerprint density at radius 3 is 2.25 bits per heavy atom. The minimum absolute atomic E-state index is 0.189. The number of hydrogen-bond acceptors (Lipinski definition) is 1. The molecule has 0 saturated heterocycles. The van der Waals surface area contributed by atoms with Gasteiger partial charge in [0.2, 0.25) is 0 Å². The first-order valence-corrected chi connectivity index (χ1v) is 6.46. The third kappa shape index (κ3) is 3.13. The number of hydrogen-bond donors (Lipinski definition) is 1. The van der Waals surface area contributed by atoms with E-state index >= 15 is 0 Å². The van der Waals surface area contributed by atoms with Gasteiger partial charge >= 0.3 is 0 Å². The van der Waals surface area contributed by atoms with Crippen molar-refractivity contribution in [2.75, 3.05) is 5.32 Å². The smallest absolute Gasteiger partial charge is 0.255 e. The highest BCUT2D eigenvalue weighted by Gasteiger charge is 2.13. The van der Waals surface area contributed by atoms with Crippen LogP contribution in [0.1, 0.15) is 10.4 Å². The normalized spacial score (nSPS) is 10.4. The standard InChI is InChI=1S/C13H6BrClF3NO/c14-8-2-1-6(3-9(8)15)13(20)19-7-4-10(16)12(18)11(17)5-7/h1-5H,(H,19,20). The second kappa shape index (κ2) is 5.85. The lowest BCUT2D eigenvalue weighted by molar-refractivity contribution is 0.102. The summed E-state index contributed by atoms with van der Waals surface area (Å²) in [6.45, 7) is 0. The van der Waals surface area contributed by atoms with E-state index in [0.29, 0.717) is 21.6 Å². The number of rotatable bonds is 2. The molecule has 7 heteroatoms. The van der Waals surface area contributed by atoms with E-state index in [2.05, 4.69) is 21.2 Å². The Balaban J connectivity index is 2.25. The van der Waals surface area contributed by atoms with Crippen LogP contribution in [0.5, 0.6) is 0 Å².